The van der Waals surface area contributed by atoms with Gasteiger partial charge in [0.25, 0.3) is 0 Å². The number of rotatable bonds is 2. The molecule has 5 nitrogen and oxygen atoms in total. The molecule has 2 aliphatic heterocycles. The van der Waals surface area contributed by atoms with E-state index in [1.165, 1.54) is 0 Å². The van der Waals surface area contributed by atoms with E-state index in [-0.39, 0.29) is 24.9 Å². The first-order valence-corrected chi connectivity index (χ1v) is 4.72. The van der Waals surface area contributed by atoms with Crippen molar-refractivity contribution >= 4 is 0 Å². The number of aliphatic hydroxyl groups excluding tert-OH is 1. The second-order valence-electron chi connectivity index (χ2n) is 4.03. The molecule has 0 radical (unpaired) electrons. The molecule has 2 heterocycles. The molecule has 0 aromatic carbocycles. The Morgan fingerprint density at radius 3 is 2.50 bits per heavy atom. The topological polar surface area (TPSA) is 57.2 Å². The molecule has 4 atom stereocenters. The van der Waals surface area contributed by atoms with Crippen molar-refractivity contribution < 1.29 is 24.1 Å². The molecule has 2 aliphatic rings. The molecule has 2 rings (SSSR count). The number of hydrogen-bond donors (Lipinski definition) is 1. The largest absolute Gasteiger partial charge is 0.394 e. The zero-order valence-corrected chi connectivity index (χ0v) is 8.60. The van der Waals surface area contributed by atoms with Crippen LogP contribution in [-0.4, -0.2) is 49.2 Å². The summed E-state index contributed by atoms with van der Waals surface area (Å²) in [5.41, 5.74) is 0. The monoisotopic (exact) mass is 204 g/mol. The number of ether oxygens (including phenoxy) is 4. The van der Waals surface area contributed by atoms with E-state index in [1.807, 2.05) is 13.8 Å². The number of methoxy groups -OCH3 is 1. The lowest BCUT2D eigenvalue weighted by Gasteiger charge is -2.22. The van der Waals surface area contributed by atoms with Crippen LogP contribution in [0.2, 0.25) is 0 Å². The smallest absolute Gasteiger partial charge is 0.186 e. The van der Waals surface area contributed by atoms with Gasteiger partial charge in [-0.25, -0.2) is 0 Å². The van der Waals surface area contributed by atoms with Crippen molar-refractivity contribution in [3.05, 3.63) is 0 Å². The quantitative estimate of drug-likeness (QED) is 0.679. The van der Waals surface area contributed by atoms with Crippen LogP contribution in [0.5, 0.6) is 0 Å². The Morgan fingerprint density at radius 2 is 1.93 bits per heavy atom. The molecule has 0 bridgehead atoms. The fraction of sp³-hybridized carbons (Fsp3) is 1.00. The van der Waals surface area contributed by atoms with E-state index in [0.717, 1.165) is 0 Å². The maximum atomic E-state index is 9.08. The van der Waals surface area contributed by atoms with Crippen molar-refractivity contribution in [3.63, 3.8) is 0 Å². The third-order valence-electron chi connectivity index (χ3n) is 2.52. The first-order chi connectivity index (χ1) is 6.57. The molecular weight excluding hydrogens is 188 g/mol. The molecule has 5 heteroatoms. The summed E-state index contributed by atoms with van der Waals surface area (Å²) in [5.74, 6) is -0.622. The molecule has 0 saturated carbocycles. The summed E-state index contributed by atoms with van der Waals surface area (Å²) in [6, 6.07) is 0. The van der Waals surface area contributed by atoms with E-state index >= 15 is 0 Å². The Labute approximate surface area is 82.9 Å². The lowest BCUT2D eigenvalue weighted by atomic mass is 10.1. The Hall–Kier alpha value is -0.200. The normalized spacial score (nSPS) is 45.4. The van der Waals surface area contributed by atoms with Crippen LogP contribution >= 0.6 is 0 Å². The fourth-order valence-electron chi connectivity index (χ4n) is 1.98. The minimum absolute atomic E-state index is 0.0829. The van der Waals surface area contributed by atoms with E-state index < -0.39 is 12.1 Å². The van der Waals surface area contributed by atoms with Crippen molar-refractivity contribution in [1.29, 1.82) is 0 Å². The van der Waals surface area contributed by atoms with Gasteiger partial charge in [0.05, 0.1) is 6.61 Å². The molecule has 0 aromatic rings. The van der Waals surface area contributed by atoms with Crippen molar-refractivity contribution in [2.75, 3.05) is 13.7 Å². The molecule has 82 valence electrons. The van der Waals surface area contributed by atoms with Crippen LogP contribution in [0.1, 0.15) is 13.8 Å². The zero-order valence-electron chi connectivity index (χ0n) is 8.60. The van der Waals surface area contributed by atoms with Crippen LogP contribution in [0, 0.1) is 0 Å². The van der Waals surface area contributed by atoms with E-state index in [1.54, 1.807) is 7.11 Å². The fourth-order valence-corrected chi connectivity index (χ4v) is 1.98. The van der Waals surface area contributed by atoms with Crippen LogP contribution in [0.3, 0.4) is 0 Å². The summed E-state index contributed by atoms with van der Waals surface area (Å²) in [7, 11) is 1.55. The van der Waals surface area contributed by atoms with Gasteiger partial charge in [0.2, 0.25) is 0 Å². The van der Waals surface area contributed by atoms with Crippen molar-refractivity contribution in [3.8, 4) is 0 Å². The van der Waals surface area contributed by atoms with E-state index in [0.29, 0.717) is 0 Å². The predicted molar refractivity (Wildman–Crippen MR) is 46.6 cm³/mol. The highest BCUT2D eigenvalue weighted by Gasteiger charge is 2.55. The highest BCUT2D eigenvalue weighted by molar-refractivity contribution is 4.94. The molecule has 0 aromatic heterocycles. The lowest BCUT2D eigenvalue weighted by molar-refractivity contribution is -0.230. The zero-order chi connectivity index (χ0) is 10.3. The third kappa shape index (κ3) is 1.55. The highest BCUT2D eigenvalue weighted by atomic mass is 16.8. The standard InChI is InChI=1S/C9H16O5/c1-9(2)13-6-5(4-10)12-8(11-3)7(6)14-9/h5-8,10H,4H2,1-3H3/t5-,6+,7+,8-/m0/s1. The SMILES string of the molecule is CO[C@H]1O[C@@H](CO)[C@H]2OC(C)(C)O[C@@H]12. The van der Waals surface area contributed by atoms with Gasteiger partial charge in [-0.3, -0.25) is 0 Å². The molecule has 0 spiro atoms. The molecule has 1 N–H and O–H groups in total. The number of fused-ring (bicyclic) bond motifs is 1. The van der Waals surface area contributed by atoms with Gasteiger partial charge in [0.15, 0.2) is 12.1 Å². The average Bonchev–Trinajstić information content (AvgIpc) is 2.57. The Kier molecular flexibility index (Phi) is 2.53. The second-order valence-corrected chi connectivity index (χ2v) is 4.03. The minimum Gasteiger partial charge on any atom is -0.394 e. The number of hydrogen-bond acceptors (Lipinski definition) is 5. The van der Waals surface area contributed by atoms with Gasteiger partial charge in [0, 0.05) is 7.11 Å². The maximum absolute atomic E-state index is 9.08. The molecule has 0 aliphatic carbocycles. The van der Waals surface area contributed by atoms with E-state index in [2.05, 4.69) is 0 Å². The van der Waals surface area contributed by atoms with Gasteiger partial charge < -0.3 is 24.1 Å². The maximum Gasteiger partial charge on any atom is 0.186 e. The van der Waals surface area contributed by atoms with Gasteiger partial charge in [-0.15, -0.1) is 0 Å². The van der Waals surface area contributed by atoms with Gasteiger partial charge in [0.1, 0.15) is 18.3 Å². The minimum atomic E-state index is -0.622. The Bertz CT molecular complexity index is 197. The third-order valence-corrected chi connectivity index (χ3v) is 2.52. The van der Waals surface area contributed by atoms with Crippen molar-refractivity contribution in [2.45, 2.75) is 44.2 Å². The van der Waals surface area contributed by atoms with Crippen LogP contribution < -0.4 is 0 Å². The first kappa shape index (κ1) is 10.3. The van der Waals surface area contributed by atoms with Crippen molar-refractivity contribution in [2.24, 2.45) is 0 Å². The summed E-state index contributed by atoms with van der Waals surface area (Å²) < 4.78 is 21.8. The number of aliphatic hydroxyl groups is 1. The first-order valence-electron chi connectivity index (χ1n) is 4.72. The van der Waals surface area contributed by atoms with Gasteiger partial charge in [-0.1, -0.05) is 0 Å². The summed E-state index contributed by atoms with van der Waals surface area (Å²) >= 11 is 0. The van der Waals surface area contributed by atoms with E-state index in [9.17, 15) is 0 Å². The highest BCUT2D eigenvalue weighted by Crippen LogP contribution is 2.38. The average molecular weight is 204 g/mol. The van der Waals surface area contributed by atoms with Gasteiger partial charge >= 0.3 is 0 Å². The molecule has 0 amide bonds. The van der Waals surface area contributed by atoms with Gasteiger partial charge in [-0.2, -0.15) is 0 Å². The second kappa shape index (κ2) is 3.43. The Morgan fingerprint density at radius 1 is 1.29 bits per heavy atom. The van der Waals surface area contributed by atoms with Gasteiger partial charge in [-0.05, 0) is 13.8 Å². The molecule has 0 unspecified atom stereocenters. The molecular formula is C9H16O5. The molecule has 2 fully saturated rings. The van der Waals surface area contributed by atoms with Crippen LogP contribution in [0.15, 0.2) is 0 Å². The Balaban J connectivity index is 2.12. The summed E-state index contributed by atoms with van der Waals surface area (Å²) in [5, 5.41) is 9.08. The van der Waals surface area contributed by atoms with Crippen molar-refractivity contribution in [1.82, 2.24) is 0 Å². The van der Waals surface area contributed by atoms with E-state index in [4.69, 9.17) is 24.1 Å². The predicted octanol–water partition coefficient (Wildman–Crippen LogP) is -0.130. The van der Waals surface area contributed by atoms with Crippen LogP contribution in [-0.2, 0) is 18.9 Å². The summed E-state index contributed by atoms with van der Waals surface area (Å²) in [6.45, 7) is 3.60. The van der Waals surface area contributed by atoms with Crippen LogP contribution in [0.4, 0.5) is 0 Å². The summed E-state index contributed by atoms with van der Waals surface area (Å²) in [4.78, 5) is 0. The summed E-state index contributed by atoms with van der Waals surface area (Å²) in [6.07, 6.45) is -1.28. The molecule has 14 heavy (non-hydrogen) atoms. The molecule has 2 saturated heterocycles. The lowest BCUT2D eigenvalue weighted by Crippen LogP contribution is -2.31. The van der Waals surface area contributed by atoms with Crippen LogP contribution in [0.25, 0.3) is 0 Å².